The number of hydrogen-bond acceptors (Lipinski definition) is 3. The van der Waals surface area contributed by atoms with Gasteiger partial charge in [-0.2, -0.15) is 8.78 Å². The number of carbonyl (C=O) groups excluding carboxylic acids is 1. The summed E-state index contributed by atoms with van der Waals surface area (Å²) in [6, 6.07) is 2.83. The molecule has 0 aliphatic rings. The molecule has 18 heavy (non-hydrogen) atoms. The van der Waals surface area contributed by atoms with Gasteiger partial charge >= 0.3 is 12.6 Å². The number of halogens is 2. The fraction of sp³-hybridized carbons (Fsp3) is 0.167. The highest BCUT2D eigenvalue weighted by molar-refractivity contribution is 5.88. The zero-order valence-corrected chi connectivity index (χ0v) is 9.39. The summed E-state index contributed by atoms with van der Waals surface area (Å²) in [5.74, 6) is -1.56. The third-order valence-corrected chi connectivity index (χ3v) is 2.03. The van der Waals surface area contributed by atoms with Gasteiger partial charge in [0.15, 0.2) is 6.29 Å². The van der Waals surface area contributed by atoms with Gasteiger partial charge in [0.05, 0.1) is 5.56 Å². The molecule has 0 saturated heterocycles. The number of benzene rings is 1. The van der Waals surface area contributed by atoms with Crippen LogP contribution in [0.4, 0.5) is 8.78 Å². The van der Waals surface area contributed by atoms with E-state index in [-0.39, 0.29) is 16.9 Å². The van der Waals surface area contributed by atoms with Crippen LogP contribution in [0.3, 0.4) is 0 Å². The maximum Gasteiger partial charge on any atom is 0.387 e. The number of alkyl halides is 2. The monoisotopic (exact) mass is 256 g/mol. The molecule has 0 aromatic heterocycles. The number of carboxylic acids is 1. The SMILES string of the molecule is Cc1cc(C=O)c(OC(F)F)c(/C=C/C(=O)O)c1. The minimum absolute atomic E-state index is 0.0552. The van der Waals surface area contributed by atoms with Crippen molar-refractivity contribution in [3.05, 3.63) is 34.9 Å². The molecule has 0 aliphatic heterocycles. The number of hydrogen-bond donors (Lipinski definition) is 1. The molecule has 0 bridgehead atoms. The van der Waals surface area contributed by atoms with Crippen LogP contribution >= 0.6 is 0 Å². The molecule has 0 radical (unpaired) electrons. The first-order valence-corrected chi connectivity index (χ1v) is 4.89. The summed E-state index contributed by atoms with van der Waals surface area (Å²) in [7, 11) is 0. The van der Waals surface area contributed by atoms with Crippen LogP contribution in [0.1, 0.15) is 21.5 Å². The molecule has 0 atom stereocenters. The van der Waals surface area contributed by atoms with Crippen molar-refractivity contribution in [2.75, 3.05) is 0 Å². The lowest BCUT2D eigenvalue weighted by atomic mass is 10.0. The minimum Gasteiger partial charge on any atom is -0.478 e. The number of aldehydes is 1. The number of aryl methyl sites for hydroxylation is 1. The van der Waals surface area contributed by atoms with Crippen LogP contribution in [0.2, 0.25) is 0 Å². The molecule has 1 rings (SSSR count). The lowest BCUT2D eigenvalue weighted by molar-refractivity contribution is -0.131. The highest BCUT2D eigenvalue weighted by Crippen LogP contribution is 2.27. The second-order valence-electron chi connectivity index (χ2n) is 3.44. The zero-order valence-electron chi connectivity index (χ0n) is 9.39. The van der Waals surface area contributed by atoms with E-state index in [9.17, 15) is 18.4 Å². The van der Waals surface area contributed by atoms with E-state index in [1.807, 2.05) is 0 Å². The van der Waals surface area contributed by atoms with Crippen LogP contribution in [-0.4, -0.2) is 24.0 Å². The molecular formula is C12H10F2O4. The van der Waals surface area contributed by atoms with Crippen molar-refractivity contribution in [3.63, 3.8) is 0 Å². The predicted molar refractivity (Wildman–Crippen MR) is 59.9 cm³/mol. The van der Waals surface area contributed by atoms with Crippen molar-refractivity contribution < 1.29 is 28.2 Å². The number of rotatable bonds is 5. The first-order chi connectivity index (χ1) is 8.43. The topological polar surface area (TPSA) is 63.6 Å². The number of ether oxygens (including phenoxy) is 1. The molecule has 6 heteroatoms. The van der Waals surface area contributed by atoms with E-state index in [2.05, 4.69) is 4.74 Å². The van der Waals surface area contributed by atoms with E-state index < -0.39 is 12.6 Å². The fourth-order valence-electron chi connectivity index (χ4n) is 1.43. The fourth-order valence-corrected chi connectivity index (χ4v) is 1.43. The van der Waals surface area contributed by atoms with Gasteiger partial charge in [-0.3, -0.25) is 4.79 Å². The molecule has 0 fully saturated rings. The van der Waals surface area contributed by atoms with Gasteiger partial charge in [0.1, 0.15) is 5.75 Å². The minimum atomic E-state index is -3.09. The van der Waals surface area contributed by atoms with E-state index in [0.29, 0.717) is 11.8 Å². The van der Waals surface area contributed by atoms with Crippen LogP contribution in [-0.2, 0) is 4.79 Å². The molecule has 0 spiro atoms. The molecule has 0 heterocycles. The van der Waals surface area contributed by atoms with Gasteiger partial charge in [0.2, 0.25) is 0 Å². The molecule has 96 valence electrons. The van der Waals surface area contributed by atoms with E-state index in [1.165, 1.54) is 12.1 Å². The summed E-state index contributed by atoms with van der Waals surface area (Å²) in [6.07, 6.45) is 2.25. The predicted octanol–water partition coefficient (Wildman–Crippen LogP) is 2.51. The van der Waals surface area contributed by atoms with E-state index in [4.69, 9.17) is 5.11 Å². The summed E-state index contributed by atoms with van der Waals surface area (Å²) in [5.41, 5.74) is 0.684. The third-order valence-electron chi connectivity index (χ3n) is 2.03. The summed E-state index contributed by atoms with van der Waals surface area (Å²) in [4.78, 5) is 21.2. The second kappa shape index (κ2) is 5.90. The van der Waals surface area contributed by atoms with Gasteiger partial charge in [-0.1, -0.05) is 0 Å². The Balaban J connectivity index is 3.31. The van der Waals surface area contributed by atoms with Gasteiger partial charge in [0.25, 0.3) is 0 Å². The van der Waals surface area contributed by atoms with Crippen LogP contribution in [0.15, 0.2) is 18.2 Å². The Morgan fingerprint density at radius 3 is 2.50 bits per heavy atom. The molecule has 0 amide bonds. The third kappa shape index (κ3) is 3.65. The first kappa shape index (κ1) is 13.8. The largest absolute Gasteiger partial charge is 0.478 e. The highest BCUT2D eigenvalue weighted by Gasteiger charge is 2.14. The molecule has 0 aliphatic carbocycles. The van der Waals surface area contributed by atoms with Gasteiger partial charge in [-0.05, 0) is 30.7 Å². The van der Waals surface area contributed by atoms with Crippen molar-refractivity contribution in [2.45, 2.75) is 13.5 Å². The summed E-state index contributed by atoms with van der Waals surface area (Å²) in [6.45, 7) is -1.44. The van der Waals surface area contributed by atoms with Crippen molar-refractivity contribution in [1.29, 1.82) is 0 Å². The van der Waals surface area contributed by atoms with E-state index in [0.717, 1.165) is 12.2 Å². The molecule has 1 aromatic carbocycles. The van der Waals surface area contributed by atoms with Crippen LogP contribution < -0.4 is 4.74 Å². The maximum absolute atomic E-state index is 12.2. The average Bonchev–Trinajstić information content (AvgIpc) is 2.28. The van der Waals surface area contributed by atoms with Gasteiger partial charge < -0.3 is 9.84 Å². The molecule has 1 aromatic rings. The zero-order chi connectivity index (χ0) is 13.7. The second-order valence-corrected chi connectivity index (χ2v) is 3.44. The summed E-state index contributed by atoms with van der Waals surface area (Å²) in [5, 5.41) is 8.50. The lowest BCUT2D eigenvalue weighted by Gasteiger charge is -2.11. The van der Waals surface area contributed by atoms with E-state index in [1.54, 1.807) is 6.92 Å². The Morgan fingerprint density at radius 2 is 2.00 bits per heavy atom. The summed E-state index contributed by atoms with van der Waals surface area (Å²) >= 11 is 0. The van der Waals surface area contributed by atoms with Crippen molar-refractivity contribution >= 4 is 18.3 Å². The Morgan fingerprint density at radius 1 is 1.39 bits per heavy atom. The molecule has 0 unspecified atom stereocenters. The number of carbonyl (C=O) groups is 2. The van der Waals surface area contributed by atoms with Gasteiger partial charge in [-0.15, -0.1) is 0 Å². The normalized spacial score (nSPS) is 10.9. The lowest BCUT2D eigenvalue weighted by Crippen LogP contribution is -2.06. The Hall–Kier alpha value is -2.24. The maximum atomic E-state index is 12.2. The molecule has 1 N–H and O–H groups in total. The quantitative estimate of drug-likeness (QED) is 0.649. The number of aliphatic carboxylic acids is 1. The first-order valence-electron chi connectivity index (χ1n) is 4.89. The van der Waals surface area contributed by atoms with Crippen molar-refractivity contribution in [1.82, 2.24) is 0 Å². The Bertz CT molecular complexity index is 495. The molecule has 4 nitrogen and oxygen atoms in total. The van der Waals surface area contributed by atoms with Crippen LogP contribution in [0, 0.1) is 6.92 Å². The van der Waals surface area contributed by atoms with Crippen molar-refractivity contribution in [2.24, 2.45) is 0 Å². The molecule has 0 saturated carbocycles. The van der Waals surface area contributed by atoms with Crippen LogP contribution in [0.5, 0.6) is 5.75 Å². The van der Waals surface area contributed by atoms with Crippen LogP contribution in [0.25, 0.3) is 6.08 Å². The smallest absolute Gasteiger partial charge is 0.387 e. The highest BCUT2D eigenvalue weighted by atomic mass is 19.3. The van der Waals surface area contributed by atoms with Gasteiger partial charge in [-0.25, -0.2) is 4.79 Å². The van der Waals surface area contributed by atoms with Gasteiger partial charge in [0, 0.05) is 11.6 Å². The molecular weight excluding hydrogens is 246 g/mol. The standard InChI is InChI=1S/C12H10F2O4/c1-7-4-8(2-3-10(16)17)11(18-12(13)14)9(5-7)6-15/h2-6,12H,1H3,(H,16,17)/b3-2+. The Labute approximate surface area is 101 Å². The van der Waals surface area contributed by atoms with Crippen molar-refractivity contribution in [3.8, 4) is 5.75 Å². The Kier molecular flexibility index (Phi) is 4.53. The van der Waals surface area contributed by atoms with E-state index >= 15 is 0 Å². The number of carboxylic acid groups (broad SMARTS) is 1. The summed E-state index contributed by atoms with van der Waals surface area (Å²) < 4.78 is 28.7. The average molecular weight is 256 g/mol.